The van der Waals surface area contributed by atoms with Crippen LogP contribution >= 0.6 is 11.6 Å². The van der Waals surface area contributed by atoms with Crippen molar-refractivity contribution in [3.8, 4) is 5.88 Å². The first kappa shape index (κ1) is 19.2. The molecule has 0 saturated carbocycles. The van der Waals surface area contributed by atoms with Gasteiger partial charge in [-0.2, -0.15) is 0 Å². The van der Waals surface area contributed by atoms with Gasteiger partial charge in [0, 0.05) is 26.2 Å². The third-order valence-electron chi connectivity index (χ3n) is 3.18. The van der Waals surface area contributed by atoms with Gasteiger partial charge in [-0.15, -0.1) is 0 Å². The zero-order chi connectivity index (χ0) is 16.5. The lowest BCUT2D eigenvalue weighted by molar-refractivity contribution is -0.152. The maximum absolute atomic E-state index is 6.32. The van der Waals surface area contributed by atoms with E-state index in [1.165, 1.54) is 0 Å². The summed E-state index contributed by atoms with van der Waals surface area (Å²) in [4.78, 5) is 0. The fourth-order valence-electron chi connectivity index (χ4n) is 2.01. The highest BCUT2D eigenvalue weighted by Crippen LogP contribution is 2.36. The Kier molecular flexibility index (Phi) is 8.78. The monoisotopic (exact) mass is 335 g/mol. The van der Waals surface area contributed by atoms with Gasteiger partial charge in [0.1, 0.15) is 11.6 Å². The molecule has 1 rings (SSSR count). The van der Waals surface area contributed by atoms with Crippen LogP contribution in [0.5, 0.6) is 5.88 Å². The molecule has 0 aliphatic rings. The van der Waals surface area contributed by atoms with Crippen molar-refractivity contribution in [3.63, 3.8) is 0 Å². The topological polar surface area (TPSA) is 63.0 Å². The van der Waals surface area contributed by atoms with E-state index < -0.39 is 6.29 Å². The Morgan fingerprint density at radius 2 is 1.77 bits per heavy atom. The first-order valence-corrected chi connectivity index (χ1v) is 7.92. The van der Waals surface area contributed by atoms with E-state index in [9.17, 15) is 0 Å². The summed E-state index contributed by atoms with van der Waals surface area (Å²) in [5.74, 6) is 1.16. The Morgan fingerprint density at radius 3 is 2.27 bits per heavy atom. The fraction of sp³-hybridized carbons (Fsp3) is 0.800. The summed E-state index contributed by atoms with van der Waals surface area (Å²) in [5.41, 5.74) is 0. The molecule has 0 bridgehead atoms. The van der Waals surface area contributed by atoms with Crippen molar-refractivity contribution in [3.05, 3.63) is 10.8 Å². The zero-order valence-corrected chi connectivity index (χ0v) is 14.7. The molecule has 128 valence electrons. The average molecular weight is 336 g/mol. The van der Waals surface area contributed by atoms with Gasteiger partial charge < -0.3 is 23.5 Å². The van der Waals surface area contributed by atoms with Gasteiger partial charge in [-0.3, -0.25) is 0 Å². The second-order valence-electron chi connectivity index (χ2n) is 5.12. The molecule has 0 N–H and O–H groups in total. The van der Waals surface area contributed by atoms with Gasteiger partial charge in [-0.05, 0) is 24.9 Å². The number of rotatable bonds is 11. The third kappa shape index (κ3) is 5.43. The van der Waals surface area contributed by atoms with Crippen molar-refractivity contribution < 1.29 is 23.5 Å². The van der Waals surface area contributed by atoms with Crippen molar-refractivity contribution >= 4 is 11.6 Å². The van der Waals surface area contributed by atoms with E-state index in [2.05, 4.69) is 19.0 Å². The van der Waals surface area contributed by atoms with Crippen LogP contribution in [0.1, 0.15) is 39.4 Å². The molecule has 22 heavy (non-hydrogen) atoms. The number of hydrogen-bond acceptors (Lipinski definition) is 6. The van der Waals surface area contributed by atoms with Crippen LogP contribution in [-0.2, 0) is 14.2 Å². The van der Waals surface area contributed by atoms with Crippen LogP contribution in [0.25, 0.3) is 0 Å². The predicted octanol–water partition coefficient (Wildman–Crippen LogP) is 3.49. The molecule has 0 aromatic carbocycles. The second-order valence-corrected chi connectivity index (χ2v) is 5.50. The Morgan fingerprint density at radius 1 is 1.14 bits per heavy atom. The highest BCUT2D eigenvalue weighted by atomic mass is 35.5. The molecule has 0 spiro atoms. The van der Waals surface area contributed by atoms with E-state index >= 15 is 0 Å². The van der Waals surface area contributed by atoms with E-state index in [1.807, 2.05) is 13.8 Å². The van der Waals surface area contributed by atoms with Gasteiger partial charge in [0.05, 0.1) is 6.61 Å². The number of ether oxygens (including phenoxy) is 4. The van der Waals surface area contributed by atoms with E-state index in [0.717, 1.165) is 0 Å². The SMILES string of the molecule is CCOC(COc1noc(C(COC)C(C)C)c1Cl)OCC. The Bertz CT molecular complexity index is 418. The first-order valence-electron chi connectivity index (χ1n) is 7.55. The van der Waals surface area contributed by atoms with Gasteiger partial charge >= 0.3 is 0 Å². The molecular weight excluding hydrogens is 310 g/mol. The van der Waals surface area contributed by atoms with Crippen molar-refractivity contribution in [1.82, 2.24) is 5.16 Å². The smallest absolute Gasteiger partial charge is 0.273 e. The van der Waals surface area contributed by atoms with Gasteiger partial charge in [0.2, 0.25) is 0 Å². The molecule has 0 fully saturated rings. The molecule has 1 aromatic rings. The van der Waals surface area contributed by atoms with Crippen LogP contribution in [0.3, 0.4) is 0 Å². The maximum Gasteiger partial charge on any atom is 0.273 e. The van der Waals surface area contributed by atoms with Crippen molar-refractivity contribution in [2.75, 3.05) is 33.5 Å². The molecule has 1 unspecified atom stereocenters. The third-order valence-corrected chi connectivity index (χ3v) is 3.53. The number of aromatic nitrogens is 1. The minimum atomic E-state index is -0.453. The van der Waals surface area contributed by atoms with Crippen molar-refractivity contribution in [1.29, 1.82) is 0 Å². The molecule has 0 radical (unpaired) electrons. The molecular formula is C15H26ClNO5. The molecule has 1 atom stereocenters. The number of halogens is 1. The molecule has 1 aromatic heterocycles. The van der Waals surface area contributed by atoms with E-state index in [1.54, 1.807) is 7.11 Å². The number of nitrogens with zero attached hydrogens (tertiary/aromatic N) is 1. The zero-order valence-electron chi connectivity index (χ0n) is 13.9. The van der Waals surface area contributed by atoms with Gasteiger partial charge in [0.25, 0.3) is 5.88 Å². The van der Waals surface area contributed by atoms with Crippen LogP contribution in [0.15, 0.2) is 4.52 Å². The molecule has 0 aliphatic heterocycles. The summed E-state index contributed by atoms with van der Waals surface area (Å²) >= 11 is 6.32. The lowest BCUT2D eigenvalue weighted by Crippen LogP contribution is -2.25. The standard InChI is InChI=1S/C15H26ClNO5/c1-6-19-12(20-7-2)9-21-15-13(16)14(22-17-15)11(8-18-5)10(3)4/h10-12H,6-9H2,1-5H3. The second kappa shape index (κ2) is 10.0. The number of hydrogen-bond donors (Lipinski definition) is 0. The maximum atomic E-state index is 6.32. The summed E-state index contributed by atoms with van der Waals surface area (Å²) in [7, 11) is 1.64. The Balaban J connectivity index is 2.73. The molecule has 7 heteroatoms. The van der Waals surface area contributed by atoms with Gasteiger partial charge in [-0.25, -0.2) is 0 Å². The minimum Gasteiger partial charge on any atom is -0.469 e. The molecule has 0 aliphatic carbocycles. The van der Waals surface area contributed by atoms with Crippen LogP contribution in [0.4, 0.5) is 0 Å². The molecule has 6 nitrogen and oxygen atoms in total. The van der Waals surface area contributed by atoms with Gasteiger partial charge in [0.15, 0.2) is 12.1 Å². The first-order chi connectivity index (χ1) is 10.5. The van der Waals surface area contributed by atoms with Crippen LogP contribution in [0.2, 0.25) is 5.02 Å². The quantitative estimate of drug-likeness (QED) is 0.577. The van der Waals surface area contributed by atoms with Crippen molar-refractivity contribution in [2.45, 2.75) is 39.9 Å². The van der Waals surface area contributed by atoms with Gasteiger partial charge in [-0.1, -0.05) is 25.4 Å². The van der Waals surface area contributed by atoms with E-state index in [4.69, 9.17) is 35.1 Å². The molecule has 1 heterocycles. The average Bonchev–Trinajstić information content (AvgIpc) is 2.83. The highest BCUT2D eigenvalue weighted by Gasteiger charge is 2.27. The number of methoxy groups -OCH3 is 1. The van der Waals surface area contributed by atoms with Crippen LogP contribution < -0.4 is 4.74 Å². The molecule has 0 saturated heterocycles. The van der Waals surface area contributed by atoms with Crippen molar-refractivity contribution in [2.24, 2.45) is 5.92 Å². The summed E-state index contributed by atoms with van der Waals surface area (Å²) < 4.78 is 27.0. The Hall–Kier alpha value is -0.820. The summed E-state index contributed by atoms with van der Waals surface area (Å²) in [6.45, 7) is 9.71. The van der Waals surface area contributed by atoms with Crippen LogP contribution in [-0.4, -0.2) is 45.0 Å². The highest BCUT2D eigenvalue weighted by molar-refractivity contribution is 6.32. The predicted molar refractivity (Wildman–Crippen MR) is 83.5 cm³/mol. The lowest BCUT2D eigenvalue weighted by Gasteiger charge is -2.17. The lowest BCUT2D eigenvalue weighted by atomic mass is 9.94. The summed E-state index contributed by atoms with van der Waals surface area (Å²) in [6.07, 6.45) is -0.453. The minimum absolute atomic E-state index is 0.0249. The summed E-state index contributed by atoms with van der Waals surface area (Å²) in [5, 5.41) is 4.27. The largest absolute Gasteiger partial charge is 0.469 e. The summed E-state index contributed by atoms with van der Waals surface area (Å²) in [6, 6.07) is 0. The van der Waals surface area contributed by atoms with E-state index in [-0.39, 0.29) is 18.4 Å². The van der Waals surface area contributed by atoms with Crippen LogP contribution in [0, 0.1) is 5.92 Å². The fourth-order valence-corrected chi connectivity index (χ4v) is 2.27. The molecule has 0 amide bonds. The Labute approximate surface area is 137 Å². The van der Waals surface area contributed by atoms with E-state index in [0.29, 0.717) is 36.5 Å². The normalized spacial score (nSPS) is 13.1.